The Morgan fingerprint density at radius 2 is 2.26 bits per heavy atom. The molecule has 0 radical (unpaired) electrons. The Kier molecular flexibility index (Phi) is 4.23. The monoisotopic (exact) mass is 330 g/mol. The maximum atomic E-state index is 6.45. The summed E-state index contributed by atoms with van der Waals surface area (Å²) in [6.07, 6.45) is 10.8. The molecule has 0 bridgehead atoms. The molecule has 0 saturated carbocycles. The fourth-order valence-electron chi connectivity index (χ4n) is 3.70. The number of nitrogens with one attached hydrogen (secondary N) is 2. The highest BCUT2D eigenvalue weighted by Gasteiger charge is 2.26. The number of pyridine rings is 1. The van der Waals surface area contributed by atoms with Crippen LogP contribution < -0.4 is 14.6 Å². The van der Waals surface area contributed by atoms with E-state index in [1.54, 1.807) is 5.57 Å². The van der Waals surface area contributed by atoms with Crippen molar-refractivity contribution < 1.29 is 14.6 Å². The highest BCUT2D eigenvalue weighted by molar-refractivity contribution is 6.35. The van der Waals surface area contributed by atoms with E-state index in [1.807, 2.05) is 18.3 Å². The molecule has 1 aliphatic carbocycles. The molecule has 120 valence electrons. The van der Waals surface area contributed by atoms with Crippen LogP contribution >= 0.6 is 11.6 Å². The molecule has 0 fully saturated rings. The highest BCUT2D eigenvalue weighted by Crippen LogP contribution is 2.33. The van der Waals surface area contributed by atoms with Gasteiger partial charge in [0.1, 0.15) is 6.54 Å². The Morgan fingerprint density at radius 3 is 3.13 bits per heavy atom. The molecule has 3 nitrogen and oxygen atoms in total. The number of fused-ring (bicyclic) bond motifs is 3. The molecule has 2 aromatic rings. The lowest BCUT2D eigenvalue weighted by Gasteiger charge is -2.26. The molecule has 0 spiro atoms. The molecule has 4 heteroatoms. The van der Waals surface area contributed by atoms with Crippen LogP contribution in [0.25, 0.3) is 10.9 Å². The number of halogens is 1. The molecule has 2 N–H and O–H groups in total. The van der Waals surface area contributed by atoms with Crippen LogP contribution in [-0.4, -0.2) is 13.3 Å². The van der Waals surface area contributed by atoms with E-state index in [0.717, 1.165) is 41.5 Å². The molecule has 23 heavy (non-hydrogen) atoms. The molecule has 2 aliphatic rings. The Morgan fingerprint density at radius 1 is 1.30 bits per heavy atom. The molecular weight excluding hydrogens is 308 g/mol. The van der Waals surface area contributed by atoms with Crippen molar-refractivity contribution in [1.82, 2.24) is 0 Å². The third-order valence-corrected chi connectivity index (χ3v) is 5.29. The fourth-order valence-corrected chi connectivity index (χ4v) is 3.99. The molecule has 4 rings (SSSR count). The lowest BCUT2D eigenvalue weighted by Crippen LogP contribution is -3.12. The second-order valence-electron chi connectivity index (χ2n) is 6.63. The quantitative estimate of drug-likeness (QED) is 0.861. The molecule has 1 unspecified atom stereocenters. The Balaban J connectivity index is 1.52. The first-order chi connectivity index (χ1) is 11.3. The molecule has 1 aromatic heterocycles. The smallest absolute Gasteiger partial charge is 0.255 e. The number of H-pyrrole nitrogens is 1. The lowest BCUT2D eigenvalue weighted by atomic mass is 9.97. The van der Waals surface area contributed by atoms with Crippen LogP contribution in [-0.2, 0) is 6.54 Å². The number of aromatic nitrogens is 1. The molecule has 1 aromatic carbocycles. The first kappa shape index (κ1) is 15.0. The van der Waals surface area contributed by atoms with Crippen molar-refractivity contribution in [1.29, 1.82) is 0 Å². The largest absolute Gasteiger partial charge is 0.438 e. The van der Waals surface area contributed by atoms with Gasteiger partial charge in [-0.15, -0.1) is 0 Å². The van der Waals surface area contributed by atoms with Gasteiger partial charge in [-0.1, -0.05) is 23.3 Å². The number of allylic oxidation sites excluding steroid dienone is 1. The van der Waals surface area contributed by atoms with Gasteiger partial charge >= 0.3 is 0 Å². The zero-order valence-electron chi connectivity index (χ0n) is 13.3. The number of hydrogen-bond acceptors (Lipinski definition) is 1. The molecule has 1 atom stereocenters. The average Bonchev–Trinajstić information content (AvgIpc) is 2.61. The van der Waals surface area contributed by atoms with Gasteiger partial charge in [-0.25, -0.2) is 4.98 Å². The fraction of sp³-hybridized carbons (Fsp3) is 0.421. The SMILES string of the molecule is Clc1cc2c(c3[nH+]cccc13)OC[NH+](CCC1=CCCCC1)C2. The zero-order chi connectivity index (χ0) is 15.6. The Bertz CT molecular complexity index is 756. The van der Waals surface area contributed by atoms with Crippen LogP contribution in [0.5, 0.6) is 5.75 Å². The van der Waals surface area contributed by atoms with E-state index >= 15 is 0 Å². The molecular formula is C19H23ClN2O+2. The molecule has 0 amide bonds. The van der Waals surface area contributed by atoms with Crippen molar-refractivity contribution >= 4 is 22.5 Å². The summed E-state index contributed by atoms with van der Waals surface area (Å²) in [5.41, 5.74) is 3.87. The minimum Gasteiger partial charge on any atom is -0.438 e. The van der Waals surface area contributed by atoms with Crippen molar-refractivity contribution in [2.24, 2.45) is 0 Å². The van der Waals surface area contributed by atoms with Crippen molar-refractivity contribution in [2.45, 2.75) is 38.6 Å². The van der Waals surface area contributed by atoms with Gasteiger partial charge in [0, 0.05) is 12.5 Å². The maximum absolute atomic E-state index is 6.45. The van der Waals surface area contributed by atoms with Crippen LogP contribution in [0.1, 0.15) is 37.7 Å². The van der Waals surface area contributed by atoms with Crippen LogP contribution in [0.4, 0.5) is 0 Å². The summed E-state index contributed by atoms with van der Waals surface area (Å²) in [5.74, 6) is 0.977. The lowest BCUT2D eigenvalue weighted by molar-refractivity contribution is -0.932. The summed E-state index contributed by atoms with van der Waals surface area (Å²) in [7, 11) is 0. The number of benzene rings is 1. The van der Waals surface area contributed by atoms with E-state index in [4.69, 9.17) is 16.3 Å². The second kappa shape index (κ2) is 6.50. The summed E-state index contributed by atoms with van der Waals surface area (Å²) in [5, 5.41) is 1.83. The first-order valence-corrected chi connectivity index (χ1v) is 8.95. The summed E-state index contributed by atoms with van der Waals surface area (Å²) in [6, 6.07) is 6.08. The van der Waals surface area contributed by atoms with E-state index in [1.165, 1.54) is 42.6 Å². The van der Waals surface area contributed by atoms with Gasteiger partial charge < -0.3 is 4.74 Å². The number of hydrogen-bond donors (Lipinski definition) is 1. The third-order valence-electron chi connectivity index (χ3n) is 4.98. The molecule has 1 aliphatic heterocycles. The van der Waals surface area contributed by atoms with Crippen molar-refractivity contribution in [3.63, 3.8) is 0 Å². The Hall–Kier alpha value is -1.58. The van der Waals surface area contributed by atoms with Gasteiger partial charge in [0.15, 0.2) is 6.20 Å². The van der Waals surface area contributed by atoms with Crippen molar-refractivity contribution in [2.75, 3.05) is 13.3 Å². The van der Waals surface area contributed by atoms with E-state index in [2.05, 4.69) is 17.1 Å². The van der Waals surface area contributed by atoms with Crippen LogP contribution in [0.15, 0.2) is 36.0 Å². The van der Waals surface area contributed by atoms with Crippen LogP contribution in [0.2, 0.25) is 5.02 Å². The van der Waals surface area contributed by atoms with Gasteiger partial charge in [-0.3, -0.25) is 4.90 Å². The third kappa shape index (κ3) is 3.08. The first-order valence-electron chi connectivity index (χ1n) is 8.57. The maximum Gasteiger partial charge on any atom is 0.255 e. The van der Waals surface area contributed by atoms with Crippen molar-refractivity contribution in [3.05, 3.63) is 46.6 Å². The summed E-state index contributed by atoms with van der Waals surface area (Å²) in [4.78, 5) is 4.77. The normalized spacial score (nSPS) is 20.7. The number of rotatable bonds is 3. The standard InChI is InChI=1S/C19H21ClN2O/c20-17-11-15-12-22(10-8-14-5-2-1-3-6-14)13-23-19(15)18-16(17)7-4-9-21-18/h4-5,7,9,11H,1-3,6,8,10,12-13H2/p+2. The van der Waals surface area contributed by atoms with Gasteiger partial charge in [0.2, 0.25) is 12.5 Å². The summed E-state index contributed by atoms with van der Waals surface area (Å²) >= 11 is 6.45. The number of aromatic amines is 1. The van der Waals surface area contributed by atoms with Gasteiger partial charge in [-0.2, -0.15) is 0 Å². The van der Waals surface area contributed by atoms with E-state index in [0.29, 0.717) is 0 Å². The summed E-state index contributed by atoms with van der Waals surface area (Å²) in [6.45, 7) is 2.86. The molecule has 0 saturated heterocycles. The highest BCUT2D eigenvalue weighted by atomic mass is 35.5. The molecule has 2 heterocycles. The second-order valence-corrected chi connectivity index (χ2v) is 7.04. The van der Waals surface area contributed by atoms with Gasteiger partial charge in [-0.05, 0) is 37.8 Å². The zero-order valence-corrected chi connectivity index (χ0v) is 14.1. The van der Waals surface area contributed by atoms with Gasteiger partial charge in [0.25, 0.3) is 5.52 Å². The number of quaternary nitrogens is 1. The van der Waals surface area contributed by atoms with Crippen LogP contribution in [0, 0.1) is 0 Å². The van der Waals surface area contributed by atoms with E-state index in [9.17, 15) is 0 Å². The minimum absolute atomic E-state index is 0.736. The number of ether oxygens (including phenoxy) is 1. The predicted octanol–water partition coefficient (Wildman–Crippen LogP) is 2.93. The average molecular weight is 331 g/mol. The summed E-state index contributed by atoms with van der Waals surface area (Å²) < 4.78 is 6.10. The van der Waals surface area contributed by atoms with Crippen LogP contribution in [0.3, 0.4) is 0 Å². The van der Waals surface area contributed by atoms with Gasteiger partial charge in [0.05, 0.1) is 22.5 Å². The topological polar surface area (TPSA) is 27.8 Å². The Labute approximate surface area is 141 Å². The van der Waals surface area contributed by atoms with E-state index in [-0.39, 0.29) is 0 Å². The van der Waals surface area contributed by atoms with Crippen molar-refractivity contribution in [3.8, 4) is 5.75 Å². The predicted molar refractivity (Wildman–Crippen MR) is 91.7 cm³/mol. The van der Waals surface area contributed by atoms with E-state index < -0.39 is 0 Å². The minimum atomic E-state index is 0.736.